The van der Waals surface area contributed by atoms with Crippen molar-refractivity contribution in [3.8, 4) is 0 Å². The van der Waals surface area contributed by atoms with Crippen LogP contribution in [0.3, 0.4) is 0 Å². The van der Waals surface area contributed by atoms with Gasteiger partial charge in [0.25, 0.3) is 0 Å². The van der Waals surface area contributed by atoms with Crippen LogP contribution in [0.15, 0.2) is 18.2 Å². The van der Waals surface area contributed by atoms with E-state index in [1.807, 2.05) is 11.0 Å². The molecule has 7 heteroatoms. The van der Waals surface area contributed by atoms with Crippen LogP contribution in [0, 0.1) is 0 Å². The zero-order chi connectivity index (χ0) is 15.6. The van der Waals surface area contributed by atoms with Crippen molar-refractivity contribution in [3.05, 3.63) is 28.8 Å². The van der Waals surface area contributed by atoms with E-state index in [0.717, 1.165) is 11.4 Å². The highest BCUT2D eigenvalue weighted by molar-refractivity contribution is 8.01. The van der Waals surface area contributed by atoms with E-state index in [1.165, 1.54) is 0 Å². The first-order chi connectivity index (χ1) is 9.86. The lowest BCUT2D eigenvalue weighted by Gasteiger charge is -2.36. The van der Waals surface area contributed by atoms with Crippen LogP contribution in [0.2, 0.25) is 5.02 Å². The van der Waals surface area contributed by atoms with Crippen LogP contribution in [0.1, 0.15) is 25.5 Å². The van der Waals surface area contributed by atoms with Crippen molar-refractivity contribution in [1.29, 1.82) is 0 Å². The van der Waals surface area contributed by atoms with Crippen molar-refractivity contribution in [3.63, 3.8) is 0 Å². The number of anilines is 1. The topological polar surface area (TPSA) is 57.6 Å². The zero-order valence-electron chi connectivity index (χ0n) is 12.1. The molecule has 0 aliphatic carbocycles. The van der Waals surface area contributed by atoms with Crippen LogP contribution in [-0.4, -0.2) is 42.7 Å². The number of hydrogen-bond donors (Lipinski definition) is 1. The van der Waals surface area contributed by atoms with Gasteiger partial charge < -0.3 is 10.0 Å². The summed E-state index contributed by atoms with van der Waals surface area (Å²) < 4.78 is 24.5. The predicted octanol–water partition coefficient (Wildman–Crippen LogP) is 2.71. The molecule has 1 heterocycles. The molecule has 0 radical (unpaired) electrons. The minimum absolute atomic E-state index is 0.133. The summed E-state index contributed by atoms with van der Waals surface area (Å²) >= 11 is 7.86. The third-order valence-electron chi connectivity index (χ3n) is 3.67. The molecule has 1 aliphatic rings. The maximum Gasteiger partial charge on any atom is 0.171 e. The van der Waals surface area contributed by atoms with Crippen molar-refractivity contribution >= 4 is 38.9 Å². The maximum absolute atomic E-state index is 12.3. The third-order valence-corrected chi connectivity index (χ3v) is 7.28. The van der Waals surface area contributed by atoms with E-state index in [0.29, 0.717) is 22.9 Å². The van der Waals surface area contributed by atoms with Gasteiger partial charge in [0.15, 0.2) is 9.84 Å². The molecule has 0 amide bonds. The highest BCUT2D eigenvalue weighted by atomic mass is 35.5. The normalized spacial score (nSPS) is 21.3. The molecular weight excluding hydrogens is 330 g/mol. The quantitative estimate of drug-likeness (QED) is 0.905. The lowest BCUT2D eigenvalue weighted by Crippen LogP contribution is -2.48. The smallest absolute Gasteiger partial charge is 0.171 e. The second-order valence-corrected chi connectivity index (χ2v) is 9.06. The van der Waals surface area contributed by atoms with Gasteiger partial charge in [-0.2, -0.15) is 11.8 Å². The van der Waals surface area contributed by atoms with Gasteiger partial charge in [0.1, 0.15) is 5.37 Å². The first kappa shape index (κ1) is 16.9. The molecule has 0 bridgehead atoms. The number of sulfone groups is 1. The number of aliphatic hydroxyl groups excluding tert-OH is 1. The number of nitrogens with zero attached hydrogens (tertiary/aromatic N) is 1. The van der Waals surface area contributed by atoms with Gasteiger partial charge in [0, 0.05) is 34.5 Å². The number of rotatable bonds is 4. The average molecular weight is 350 g/mol. The number of thioether (sulfide) groups is 1. The lowest BCUT2D eigenvalue weighted by molar-refractivity contribution is 0.199. The summed E-state index contributed by atoms with van der Waals surface area (Å²) in [5.41, 5.74) is 1.45. The molecule has 1 aliphatic heterocycles. The van der Waals surface area contributed by atoms with Crippen LogP contribution >= 0.6 is 23.4 Å². The van der Waals surface area contributed by atoms with Crippen LogP contribution in [-0.2, 0) is 9.84 Å². The molecule has 1 fully saturated rings. The molecule has 0 spiro atoms. The molecule has 2 unspecified atom stereocenters. The number of halogens is 1. The Bertz CT molecular complexity index is 604. The van der Waals surface area contributed by atoms with E-state index < -0.39 is 21.3 Å². The number of hydrogen-bond acceptors (Lipinski definition) is 5. The molecule has 0 aromatic heterocycles. The van der Waals surface area contributed by atoms with Crippen molar-refractivity contribution in [2.75, 3.05) is 28.7 Å². The van der Waals surface area contributed by atoms with Gasteiger partial charge in [-0.1, -0.05) is 24.6 Å². The monoisotopic (exact) mass is 349 g/mol. The molecule has 1 aromatic carbocycles. The van der Waals surface area contributed by atoms with E-state index in [2.05, 4.69) is 0 Å². The van der Waals surface area contributed by atoms with Crippen molar-refractivity contribution in [1.82, 2.24) is 0 Å². The van der Waals surface area contributed by atoms with Gasteiger partial charge in [0.05, 0.1) is 6.10 Å². The van der Waals surface area contributed by atoms with Crippen molar-refractivity contribution < 1.29 is 13.5 Å². The molecule has 1 aromatic rings. The van der Waals surface area contributed by atoms with Gasteiger partial charge in [-0.25, -0.2) is 8.42 Å². The Morgan fingerprint density at radius 2 is 2.24 bits per heavy atom. The van der Waals surface area contributed by atoms with Crippen LogP contribution in [0.5, 0.6) is 0 Å². The van der Waals surface area contributed by atoms with Gasteiger partial charge >= 0.3 is 0 Å². The maximum atomic E-state index is 12.3. The molecule has 2 rings (SSSR count). The third kappa shape index (κ3) is 3.67. The van der Waals surface area contributed by atoms with Crippen LogP contribution < -0.4 is 4.90 Å². The molecule has 0 saturated carbocycles. The highest BCUT2D eigenvalue weighted by Gasteiger charge is 2.33. The summed E-state index contributed by atoms with van der Waals surface area (Å²) in [6.45, 7) is 4.01. The second kappa shape index (κ2) is 6.77. The Morgan fingerprint density at radius 1 is 1.52 bits per heavy atom. The van der Waals surface area contributed by atoms with E-state index >= 15 is 0 Å². The SMILES string of the molecule is CCS(=O)(=O)C1CSCCN1c1ccc(C(C)O)c(Cl)c1. The van der Waals surface area contributed by atoms with E-state index in [1.54, 1.807) is 37.7 Å². The number of aliphatic hydroxyl groups is 1. The molecular formula is C14H20ClNO3S2. The standard InChI is InChI=1S/C14H20ClNO3S2/c1-3-21(18,19)14-9-20-7-6-16(14)11-4-5-12(10(2)17)13(15)8-11/h4-5,8,10,14,17H,3,6-7,9H2,1-2H3. The summed E-state index contributed by atoms with van der Waals surface area (Å²) in [4.78, 5) is 1.91. The minimum atomic E-state index is -3.15. The Hall–Kier alpha value is -0.430. The van der Waals surface area contributed by atoms with E-state index in [9.17, 15) is 13.5 Å². The minimum Gasteiger partial charge on any atom is -0.389 e. The van der Waals surface area contributed by atoms with Crippen molar-refractivity contribution in [2.45, 2.75) is 25.3 Å². The summed E-state index contributed by atoms with van der Waals surface area (Å²) in [7, 11) is -3.15. The highest BCUT2D eigenvalue weighted by Crippen LogP contribution is 2.32. The van der Waals surface area contributed by atoms with E-state index in [4.69, 9.17) is 11.6 Å². The fraction of sp³-hybridized carbons (Fsp3) is 0.571. The predicted molar refractivity (Wildman–Crippen MR) is 90.0 cm³/mol. The molecule has 1 saturated heterocycles. The molecule has 2 atom stereocenters. The summed E-state index contributed by atoms with van der Waals surface area (Å²) in [5.74, 6) is 1.60. The number of benzene rings is 1. The molecule has 21 heavy (non-hydrogen) atoms. The second-order valence-electron chi connectivity index (χ2n) is 5.06. The average Bonchev–Trinajstić information content (AvgIpc) is 2.46. The lowest BCUT2D eigenvalue weighted by atomic mass is 10.1. The van der Waals surface area contributed by atoms with Crippen LogP contribution in [0.4, 0.5) is 5.69 Å². The zero-order valence-corrected chi connectivity index (χ0v) is 14.5. The van der Waals surface area contributed by atoms with Gasteiger partial charge in [0.2, 0.25) is 0 Å². The summed E-state index contributed by atoms with van der Waals surface area (Å²) in [5, 5.41) is 9.59. The van der Waals surface area contributed by atoms with E-state index in [-0.39, 0.29) is 5.75 Å². The van der Waals surface area contributed by atoms with Crippen LogP contribution in [0.25, 0.3) is 0 Å². The fourth-order valence-corrected chi connectivity index (χ4v) is 5.72. The summed E-state index contributed by atoms with van der Waals surface area (Å²) in [6.07, 6.45) is -0.640. The molecule has 4 nitrogen and oxygen atoms in total. The Morgan fingerprint density at radius 3 is 2.81 bits per heavy atom. The Kier molecular flexibility index (Phi) is 5.46. The Labute approximate surface area is 135 Å². The van der Waals surface area contributed by atoms with Crippen molar-refractivity contribution in [2.24, 2.45) is 0 Å². The van der Waals surface area contributed by atoms with Gasteiger partial charge in [-0.15, -0.1) is 0 Å². The van der Waals surface area contributed by atoms with Gasteiger partial charge in [-0.05, 0) is 24.6 Å². The summed E-state index contributed by atoms with van der Waals surface area (Å²) in [6, 6.07) is 5.35. The Balaban J connectivity index is 2.36. The molecule has 1 N–H and O–H groups in total. The first-order valence-electron chi connectivity index (χ1n) is 6.90. The van der Waals surface area contributed by atoms with Gasteiger partial charge in [-0.3, -0.25) is 0 Å². The first-order valence-corrected chi connectivity index (χ1v) is 10.1. The fourth-order valence-electron chi connectivity index (χ4n) is 2.40. The molecule has 118 valence electrons. The largest absolute Gasteiger partial charge is 0.389 e.